The third-order valence-electron chi connectivity index (χ3n) is 4.32. The van der Waals surface area contributed by atoms with E-state index in [1.54, 1.807) is 0 Å². The van der Waals surface area contributed by atoms with Crippen LogP contribution >= 0.6 is 0 Å². The van der Waals surface area contributed by atoms with Crippen molar-refractivity contribution < 1.29 is 9.90 Å². The summed E-state index contributed by atoms with van der Waals surface area (Å²) in [5.41, 5.74) is 0. The molecule has 2 aliphatic rings. The van der Waals surface area contributed by atoms with Gasteiger partial charge < -0.3 is 10.4 Å². The van der Waals surface area contributed by atoms with Crippen LogP contribution in [0.25, 0.3) is 0 Å². The van der Waals surface area contributed by atoms with E-state index in [1.165, 1.54) is 38.5 Å². The predicted molar refractivity (Wildman–Crippen MR) is 63.3 cm³/mol. The van der Waals surface area contributed by atoms with E-state index in [0.29, 0.717) is 0 Å². The maximum atomic E-state index is 10.8. The molecule has 0 aromatic heterocycles. The molecule has 2 N–H and O–H groups in total. The van der Waals surface area contributed by atoms with Crippen molar-refractivity contribution in [2.75, 3.05) is 6.54 Å². The lowest BCUT2D eigenvalue weighted by Gasteiger charge is -2.33. The molecule has 2 rings (SSSR count). The summed E-state index contributed by atoms with van der Waals surface area (Å²) >= 11 is 0. The van der Waals surface area contributed by atoms with E-state index in [0.717, 1.165) is 31.2 Å². The van der Waals surface area contributed by atoms with Crippen LogP contribution in [-0.4, -0.2) is 23.7 Å². The van der Waals surface area contributed by atoms with E-state index < -0.39 is 5.97 Å². The molecule has 2 atom stereocenters. The molecule has 0 radical (unpaired) electrons. The molecule has 92 valence electrons. The van der Waals surface area contributed by atoms with Crippen molar-refractivity contribution in [3.8, 4) is 0 Å². The highest BCUT2D eigenvalue weighted by atomic mass is 16.4. The van der Waals surface area contributed by atoms with Crippen molar-refractivity contribution in [1.29, 1.82) is 0 Å². The van der Waals surface area contributed by atoms with E-state index in [9.17, 15) is 4.79 Å². The van der Waals surface area contributed by atoms with Crippen molar-refractivity contribution >= 4 is 5.97 Å². The van der Waals surface area contributed by atoms with Gasteiger partial charge in [-0.3, -0.25) is 4.79 Å². The lowest BCUT2D eigenvalue weighted by Crippen LogP contribution is -2.45. The van der Waals surface area contributed by atoms with E-state index in [-0.39, 0.29) is 6.04 Å². The first-order valence-corrected chi connectivity index (χ1v) is 6.73. The highest BCUT2D eigenvalue weighted by Crippen LogP contribution is 2.33. The van der Waals surface area contributed by atoms with Crippen LogP contribution in [0.1, 0.15) is 51.4 Å². The molecule has 0 spiro atoms. The van der Waals surface area contributed by atoms with Crippen LogP contribution in [0, 0.1) is 11.8 Å². The summed E-state index contributed by atoms with van der Waals surface area (Å²) in [6, 6.07) is -0.290. The molecule has 3 heteroatoms. The number of hydrogen-bond acceptors (Lipinski definition) is 2. The van der Waals surface area contributed by atoms with Crippen LogP contribution < -0.4 is 5.32 Å². The van der Waals surface area contributed by atoms with Gasteiger partial charge in [0, 0.05) is 0 Å². The lowest BCUT2D eigenvalue weighted by atomic mass is 9.80. The first kappa shape index (κ1) is 11.9. The molecule has 1 saturated heterocycles. The fourth-order valence-corrected chi connectivity index (χ4v) is 3.27. The second kappa shape index (κ2) is 5.67. The third-order valence-corrected chi connectivity index (χ3v) is 4.32. The summed E-state index contributed by atoms with van der Waals surface area (Å²) in [5.74, 6) is 0.901. The van der Waals surface area contributed by atoms with Crippen LogP contribution in [0.2, 0.25) is 0 Å². The third kappa shape index (κ3) is 2.97. The first-order chi connectivity index (χ1) is 7.77. The van der Waals surface area contributed by atoms with Crippen molar-refractivity contribution in [3.63, 3.8) is 0 Å². The maximum absolute atomic E-state index is 10.8. The summed E-state index contributed by atoms with van der Waals surface area (Å²) in [5, 5.41) is 12.1. The van der Waals surface area contributed by atoms with Gasteiger partial charge in [0.15, 0.2) is 0 Å². The van der Waals surface area contributed by atoms with Crippen LogP contribution in [0.4, 0.5) is 0 Å². The summed E-state index contributed by atoms with van der Waals surface area (Å²) in [6.07, 6.45) is 10.2. The average Bonchev–Trinajstić information content (AvgIpc) is 2.57. The van der Waals surface area contributed by atoms with Gasteiger partial charge in [-0.1, -0.05) is 38.5 Å². The Morgan fingerprint density at radius 3 is 2.12 bits per heavy atom. The molecule has 0 bridgehead atoms. The fraction of sp³-hybridized carbons (Fsp3) is 0.923. The highest BCUT2D eigenvalue weighted by Gasteiger charge is 2.30. The van der Waals surface area contributed by atoms with Gasteiger partial charge in [0.1, 0.15) is 6.04 Å². The van der Waals surface area contributed by atoms with Crippen molar-refractivity contribution in [2.45, 2.75) is 57.4 Å². The Morgan fingerprint density at radius 2 is 1.62 bits per heavy atom. The standard InChI is InChI=1S/C13H23NO2/c15-13(16)12-8-7-11(9-14-12)10-5-3-1-2-4-6-10/h10-12,14H,1-9H2,(H,15,16). The number of aliphatic carboxylic acids is 1. The summed E-state index contributed by atoms with van der Waals surface area (Å²) < 4.78 is 0. The zero-order valence-electron chi connectivity index (χ0n) is 9.95. The summed E-state index contributed by atoms with van der Waals surface area (Å²) in [7, 11) is 0. The predicted octanol–water partition coefficient (Wildman–Crippen LogP) is 2.41. The minimum absolute atomic E-state index is 0.290. The highest BCUT2D eigenvalue weighted by molar-refractivity contribution is 5.73. The van der Waals surface area contributed by atoms with Crippen LogP contribution in [0.3, 0.4) is 0 Å². The Bertz CT molecular complexity index is 226. The number of piperidine rings is 1. The largest absolute Gasteiger partial charge is 0.480 e. The van der Waals surface area contributed by atoms with Crippen molar-refractivity contribution in [2.24, 2.45) is 11.8 Å². The molecular formula is C13H23NO2. The number of carbonyl (C=O) groups is 1. The van der Waals surface area contributed by atoms with Crippen LogP contribution in [-0.2, 0) is 4.79 Å². The van der Waals surface area contributed by atoms with Crippen molar-refractivity contribution in [1.82, 2.24) is 5.32 Å². The molecule has 2 fully saturated rings. The summed E-state index contributed by atoms with van der Waals surface area (Å²) in [4.78, 5) is 10.8. The Kier molecular flexibility index (Phi) is 4.22. The van der Waals surface area contributed by atoms with Gasteiger partial charge in [-0.05, 0) is 31.2 Å². The van der Waals surface area contributed by atoms with Gasteiger partial charge in [0.2, 0.25) is 0 Å². The molecule has 1 aliphatic heterocycles. The van der Waals surface area contributed by atoms with Crippen molar-refractivity contribution in [3.05, 3.63) is 0 Å². The first-order valence-electron chi connectivity index (χ1n) is 6.73. The fourth-order valence-electron chi connectivity index (χ4n) is 3.27. The molecule has 0 aromatic carbocycles. The smallest absolute Gasteiger partial charge is 0.320 e. The minimum Gasteiger partial charge on any atom is -0.480 e. The molecule has 1 aliphatic carbocycles. The molecule has 2 unspecified atom stereocenters. The van der Waals surface area contributed by atoms with Gasteiger partial charge >= 0.3 is 5.97 Å². The Morgan fingerprint density at radius 1 is 0.938 bits per heavy atom. The summed E-state index contributed by atoms with van der Waals surface area (Å²) in [6.45, 7) is 0.918. The average molecular weight is 225 g/mol. The van der Waals surface area contributed by atoms with Gasteiger partial charge in [0.05, 0.1) is 0 Å². The molecule has 1 heterocycles. The lowest BCUT2D eigenvalue weighted by molar-refractivity contribution is -0.140. The molecule has 3 nitrogen and oxygen atoms in total. The Balaban J connectivity index is 1.81. The van der Waals surface area contributed by atoms with Crippen LogP contribution in [0.5, 0.6) is 0 Å². The second-order valence-corrected chi connectivity index (χ2v) is 5.39. The maximum Gasteiger partial charge on any atom is 0.320 e. The number of hydrogen-bond donors (Lipinski definition) is 2. The topological polar surface area (TPSA) is 49.3 Å². The van der Waals surface area contributed by atoms with E-state index in [2.05, 4.69) is 5.32 Å². The van der Waals surface area contributed by atoms with Gasteiger partial charge in [-0.15, -0.1) is 0 Å². The number of rotatable bonds is 2. The zero-order valence-corrected chi connectivity index (χ0v) is 9.95. The zero-order chi connectivity index (χ0) is 11.4. The Hall–Kier alpha value is -0.570. The molecule has 1 saturated carbocycles. The van der Waals surface area contributed by atoms with E-state index in [4.69, 9.17) is 5.11 Å². The SMILES string of the molecule is O=C(O)C1CCC(C2CCCCCC2)CN1. The molecule has 0 aromatic rings. The number of carboxylic acids is 1. The molecular weight excluding hydrogens is 202 g/mol. The molecule has 0 amide bonds. The van der Waals surface area contributed by atoms with E-state index in [1.807, 2.05) is 0 Å². The van der Waals surface area contributed by atoms with Gasteiger partial charge in [-0.2, -0.15) is 0 Å². The number of carboxylic acid groups (broad SMARTS) is 1. The van der Waals surface area contributed by atoms with Crippen LogP contribution in [0.15, 0.2) is 0 Å². The van der Waals surface area contributed by atoms with Gasteiger partial charge in [-0.25, -0.2) is 0 Å². The minimum atomic E-state index is -0.681. The molecule has 16 heavy (non-hydrogen) atoms. The second-order valence-electron chi connectivity index (χ2n) is 5.39. The van der Waals surface area contributed by atoms with E-state index >= 15 is 0 Å². The normalized spacial score (nSPS) is 33.2. The number of nitrogens with one attached hydrogen (secondary N) is 1. The quantitative estimate of drug-likeness (QED) is 0.709. The Labute approximate surface area is 97.6 Å². The van der Waals surface area contributed by atoms with Gasteiger partial charge in [0.25, 0.3) is 0 Å². The monoisotopic (exact) mass is 225 g/mol.